The number of carbonyl (C=O) groups excluding carboxylic acids is 2. The van der Waals surface area contributed by atoms with Crippen LogP contribution in [0.25, 0.3) is 5.69 Å². The van der Waals surface area contributed by atoms with Crippen LogP contribution in [0, 0.1) is 0 Å². The molecule has 35 heavy (non-hydrogen) atoms. The van der Waals surface area contributed by atoms with Crippen LogP contribution in [0.3, 0.4) is 0 Å². The molecular weight excluding hydrogens is 468 g/mol. The molecule has 5 rings (SSSR count). The lowest BCUT2D eigenvalue weighted by atomic mass is 10.1. The Labute approximate surface area is 208 Å². The fourth-order valence-electron chi connectivity index (χ4n) is 4.39. The molecule has 4 heterocycles. The maximum absolute atomic E-state index is 13.7. The van der Waals surface area contributed by atoms with E-state index < -0.39 is 11.6 Å². The average Bonchev–Trinajstić information content (AvgIpc) is 3.27. The number of aromatic nitrogens is 3. The van der Waals surface area contributed by atoms with E-state index >= 15 is 0 Å². The van der Waals surface area contributed by atoms with Crippen LogP contribution < -0.4 is 9.80 Å². The molecule has 1 aromatic carbocycles. The maximum Gasteiger partial charge on any atom is 0.359 e. The predicted octanol–water partition coefficient (Wildman–Crippen LogP) is 4.14. The number of fused-ring (bicyclic) bond motifs is 3. The fraction of sp³-hybridized carbons (Fsp3) is 0.360. The van der Waals surface area contributed by atoms with Gasteiger partial charge in [0.15, 0.2) is 5.69 Å². The van der Waals surface area contributed by atoms with Crippen molar-refractivity contribution in [2.75, 3.05) is 36.0 Å². The Kier molecular flexibility index (Phi) is 5.88. The van der Waals surface area contributed by atoms with E-state index in [1.807, 2.05) is 54.5 Å². The van der Waals surface area contributed by atoms with Gasteiger partial charge in [0.1, 0.15) is 17.7 Å². The largest absolute Gasteiger partial charge is 0.455 e. The monoisotopic (exact) mass is 494 g/mol. The summed E-state index contributed by atoms with van der Waals surface area (Å²) in [5.74, 6) is 0.389. The third-order valence-electron chi connectivity index (χ3n) is 6.01. The zero-order valence-corrected chi connectivity index (χ0v) is 20.7. The first-order valence-electron chi connectivity index (χ1n) is 11.5. The number of rotatable bonds is 2. The molecule has 1 fully saturated rings. The quantitative estimate of drug-likeness (QED) is 0.498. The Morgan fingerprint density at radius 2 is 1.77 bits per heavy atom. The first-order chi connectivity index (χ1) is 16.7. The van der Waals surface area contributed by atoms with Gasteiger partial charge < -0.3 is 14.5 Å². The maximum atomic E-state index is 13.7. The van der Waals surface area contributed by atoms with Gasteiger partial charge in [-0.3, -0.25) is 9.47 Å². The van der Waals surface area contributed by atoms with E-state index in [4.69, 9.17) is 16.3 Å². The molecule has 3 aromatic rings. The number of hydrogen-bond donors (Lipinski definition) is 0. The van der Waals surface area contributed by atoms with Gasteiger partial charge in [0.25, 0.3) is 0 Å². The SMILES string of the molecule is CC(C)(C)OC(=O)c1ncn2c1CN(C(=O)N1CCN(c3ccccn3)CC1)c1cc(Cl)ccc1-2. The molecule has 0 aliphatic carbocycles. The standard InChI is InChI=1S/C25H27ClN6O3/c1-25(2,3)35-23(33)22-20-15-31(19-14-17(26)7-8-18(19)32(20)16-28-22)24(34)30-12-10-29(11-13-30)21-6-4-5-9-27-21/h4-9,14,16H,10-13,15H2,1-3H3. The van der Waals surface area contributed by atoms with Crippen LogP contribution in [-0.4, -0.2) is 63.2 Å². The van der Waals surface area contributed by atoms with Crippen molar-refractivity contribution in [1.29, 1.82) is 0 Å². The smallest absolute Gasteiger partial charge is 0.359 e. The summed E-state index contributed by atoms with van der Waals surface area (Å²) < 4.78 is 7.39. The van der Waals surface area contributed by atoms with Gasteiger partial charge in [-0.05, 0) is 51.1 Å². The van der Waals surface area contributed by atoms with Gasteiger partial charge in [0.2, 0.25) is 0 Å². The summed E-state index contributed by atoms with van der Waals surface area (Å²) >= 11 is 6.31. The topological polar surface area (TPSA) is 83.8 Å². The van der Waals surface area contributed by atoms with Crippen LogP contribution in [0.4, 0.5) is 16.3 Å². The molecule has 2 amide bonds. The zero-order chi connectivity index (χ0) is 24.7. The summed E-state index contributed by atoms with van der Waals surface area (Å²) in [5.41, 5.74) is 1.57. The van der Waals surface area contributed by atoms with E-state index in [1.54, 1.807) is 29.6 Å². The Hall–Kier alpha value is -3.59. The molecule has 0 atom stereocenters. The highest BCUT2D eigenvalue weighted by Gasteiger charge is 2.35. The lowest BCUT2D eigenvalue weighted by Crippen LogP contribution is -2.53. The van der Waals surface area contributed by atoms with Crippen molar-refractivity contribution in [2.45, 2.75) is 32.9 Å². The van der Waals surface area contributed by atoms with Crippen molar-refractivity contribution in [3.8, 4) is 5.69 Å². The van der Waals surface area contributed by atoms with E-state index in [1.165, 1.54) is 0 Å². The molecular formula is C25H27ClN6O3. The molecule has 0 spiro atoms. The van der Waals surface area contributed by atoms with Crippen molar-refractivity contribution in [1.82, 2.24) is 19.4 Å². The molecule has 0 bridgehead atoms. The fourth-order valence-corrected chi connectivity index (χ4v) is 4.56. The third-order valence-corrected chi connectivity index (χ3v) is 6.24. The molecule has 1 saturated heterocycles. The highest BCUT2D eigenvalue weighted by molar-refractivity contribution is 6.31. The van der Waals surface area contributed by atoms with E-state index in [0.717, 1.165) is 11.5 Å². The van der Waals surface area contributed by atoms with Crippen molar-refractivity contribution >= 4 is 35.1 Å². The lowest BCUT2D eigenvalue weighted by molar-refractivity contribution is 0.00619. The van der Waals surface area contributed by atoms with Crippen molar-refractivity contribution < 1.29 is 14.3 Å². The Morgan fingerprint density at radius 1 is 1.00 bits per heavy atom. The number of halogens is 1. The Balaban J connectivity index is 1.42. The summed E-state index contributed by atoms with van der Waals surface area (Å²) in [7, 11) is 0. The van der Waals surface area contributed by atoms with Crippen LogP contribution in [0.15, 0.2) is 48.9 Å². The van der Waals surface area contributed by atoms with E-state index in [-0.39, 0.29) is 18.3 Å². The molecule has 2 aliphatic heterocycles. The van der Waals surface area contributed by atoms with E-state index in [0.29, 0.717) is 42.6 Å². The molecule has 2 aromatic heterocycles. The second-order valence-electron chi connectivity index (χ2n) is 9.58. The van der Waals surface area contributed by atoms with E-state index in [2.05, 4.69) is 14.9 Å². The Bertz CT molecular complexity index is 1260. The number of benzene rings is 1. The minimum Gasteiger partial charge on any atom is -0.455 e. The molecule has 0 saturated carbocycles. The third kappa shape index (κ3) is 4.55. The number of amides is 2. The van der Waals surface area contributed by atoms with Gasteiger partial charge in [-0.2, -0.15) is 0 Å². The summed E-state index contributed by atoms with van der Waals surface area (Å²) in [5, 5.41) is 0.525. The van der Waals surface area contributed by atoms with Crippen molar-refractivity contribution in [3.05, 3.63) is 65.3 Å². The minimum absolute atomic E-state index is 0.142. The normalized spacial score (nSPS) is 15.5. The number of urea groups is 1. The number of esters is 1. The number of ether oxygens (including phenoxy) is 1. The van der Waals surface area contributed by atoms with Crippen LogP contribution >= 0.6 is 11.6 Å². The lowest BCUT2D eigenvalue weighted by Gasteiger charge is -2.39. The number of imidazole rings is 1. The predicted molar refractivity (Wildman–Crippen MR) is 133 cm³/mol. The zero-order valence-electron chi connectivity index (χ0n) is 19.9. The van der Waals surface area contributed by atoms with Crippen molar-refractivity contribution in [2.24, 2.45) is 0 Å². The van der Waals surface area contributed by atoms with Crippen LogP contribution in [0.1, 0.15) is 37.0 Å². The van der Waals surface area contributed by atoms with Crippen LogP contribution in [0.2, 0.25) is 5.02 Å². The molecule has 2 aliphatic rings. The number of hydrogen-bond acceptors (Lipinski definition) is 6. The number of nitrogens with zero attached hydrogens (tertiary/aromatic N) is 6. The van der Waals surface area contributed by atoms with Gasteiger partial charge in [0, 0.05) is 37.4 Å². The van der Waals surface area contributed by atoms with Gasteiger partial charge in [-0.15, -0.1) is 0 Å². The highest BCUT2D eigenvalue weighted by atomic mass is 35.5. The van der Waals surface area contributed by atoms with E-state index in [9.17, 15) is 9.59 Å². The van der Waals surface area contributed by atoms with Crippen LogP contribution in [0.5, 0.6) is 0 Å². The number of carbonyl (C=O) groups is 2. The van der Waals surface area contributed by atoms with Gasteiger partial charge in [-0.25, -0.2) is 19.6 Å². The number of pyridine rings is 1. The minimum atomic E-state index is -0.656. The first kappa shape index (κ1) is 23.2. The second kappa shape index (κ2) is 8.88. The highest BCUT2D eigenvalue weighted by Crippen LogP contribution is 2.36. The number of piperazine rings is 1. The van der Waals surface area contributed by atoms with Gasteiger partial charge >= 0.3 is 12.0 Å². The number of anilines is 2. The molecule has 0 unspecified atom stereocenters. The summed E-state index contributed by atoms with van der Waals surface area (Å²) in [6, 6.07) is 11.0. The summed E-state index contributed by atoms with van der Waals surface area (Å²) in [6.45, 7) is 8.09. The molecule has 182 valence electrons. The van der Waals surface area contributed by atoms with Gasteiger partial charge in [0.05, 0.1) is 23.6 Å². The molecule has 9 nitrogen and oxygen atoms in total. The second-order valence-corrected chi connectivity index (χ2v) is 10.0. The van der Waals surface area contributed by atoms with Crippen molar-refractivity contribution in [3.63, 3.8) is 0 Å². The molecule has 0 N–H and O–H groups in total. The first-order valence-corrected chi connectivity index (χ1v) is 11.9. The summed E-state index contributed by atoms with van der Waals surface area (Å²) in [4.78, 5) is 41.0. The summed E-state index contributed by atoms with van der Waals surface area (Å²) in [6.07, 6.45) is 3.36. The van der Waals surface area contributed by atoms with Gasteiger partial charge in [-0.1, -0.05) is 17.7 Å². The molecule has 0 radical (unpaired) electrons. The molecule has 10 heteroatoms. The Morgan fingerprint density at radius 3 is 2.46 bits per heavy atom. The van der Waals surface area contributed by atoms with Crippen LogP contribution in [-0.2, 0) is 11.3 Å². The average molecular weight is 495 g/mol.